The van der Waals surface area contributed by atoms with Crippen LogP contribution in [0, 0.1) is 0 Å². The van der Waals surface area contributed by atoms with Gasteiger partial charge >= 0.3 is 18.0 Å². The van der Waals surface area contributed by atoms with Gasteiger partial charge < -0.3 is 9.47 Å². The van der Waals surface area contributed by atoms with Crippen molar-refractivity contribution < 1.29 is 40.2 Å². The molecule has 0 aliphatic rings. The van der Waals surface area contributed by atoms with Crippen LogP contribution >= 0.6 is 0 Å². The quantitative estimate of drug-likeness (QED) is 0.607. The zero-order valence-corrected chi connectivity index (χ0v) is 14.1. The van der Waals surface area contributed by atoms with E-state index in [0.717, 1.165) is 7.11 Å². The second-order valence-electron chi connectivity index (χ2n) is 6.51. The van der Waals surface area contributed by atoms with E-state index >= 15 is 0 Å². The van der Waals surface area contributed by atoms with E-state index in [0.29, 0.717) is 5.75 Å². The third-order valence-electron chi connectivity index (χ3n) is 3.33. The highest BCUT2D eigenvalue weighted by molar-refractivity contribution is 5.29. The van der Waals surface area contributed by atoms with Crippen LogP contribution in [0.2, 0.25) is 0 Å². The summed E-state index contributed by atoms with van der Waals surface area (Å²) in [4.78, 5) is 0. The highest BCUT2D eigenvalue weighted by Crippen LogP contribution is 2.51. The summed E-state index contributed by atoms with van der Waals surface area (Å²) < 4.78 is 100. The van der Waals surface area contributed by atoms with E-state index in [1.807, 2.05) is 0 Å². The minimum Gasteiger partial charge on any atom is -0.488 e. The molecular formula is C16H19F7O2. The Labute approximate surface area is 140 Å². The minimum absolute atomic E-state index is 0.0284. The first-order valence-electron chi connectivity index (χ1n) is 7.25. The van der Waals surface area contributed by atoms with E-state index in [2.05, 4.69) is 4.74 Å². The molecule has 0 fully saturated rings. The smallest absolute Gasteiger partial charge is 0.431 e. The van der Waals surface area contributed by atoms with Gasteiger partial charge in [0.25, 0.3) is 0 Å². The van der Waals surface area contributed by atoms with Crippen molar-refractivity contribution >= 4 is 0 Å². The highest BCUT2D eigenvalue weighted by atomic mass is 19.4. The summed E-state index contributed by atoms with van der Waals surface area (Å²) in [5, 5.41) is 0. The molecule has 9 heteroatoms. The maximum atomic E-state index is 13.9. The predicted molar refractivity (Wildman–Crippen MR) is 77.1 cm³/mol. The fourth-order valence-corrected chi connectivity index (χ4v) is 2.09. The zero-order valence-electron chi connectivity index (χ0n) is 14.1. The van der Waals surface area contributed by atoms with Gasteiger partial charge in [0, 0.05) is 13.5 Å². The van der Waals surface area contributed by atoms with Gasteiger partial charge in [-0.05, 0) is 38.5 Å². The molecular weight excluding hydrogens is 357 g/mol. The number of ether oxygens (including phenoxy) is 2. The van der Waals surface area contributed by atoms with Crippen LogP contribution in [0.3, 0.4) is 0 Å². The van der Waals surface area contributed by atoms with Crippen LogP contribution < -0.4 is 4.74 Å². The fourth-order valence-electron chi connectivity index (χ4n) is 2.09. The largest absolute Gasteiger partial charge is 0.488 e. The molecule has 1 unspecified atom stereocenters. The number of halogens is 7. The molecule has 1 rings (SSSR count). The van der Waals surface area contributed by atoms with Crippen molar-refractivity contribution in [1.29, 1.82) is 0 Å². The summed E-state index contributed by atoms with van der Waals surface area (Å²) in [7, 11) is 0.914. The topological polar surface area (TPSA) is 18.5 Å². The maximum Gasteiger partial charge on any atom is 0.431 e. The Morgan fingerprint density at radius 3 is 1.60 bits per heavy atom. The lowest BCUT2D eigenvalue weighted by molar-refractivity contribution is -0.348. The molecule has 0 radical (unpaired) electrons. The van der Waals surface area contributed by atoms with Gasteiger partial charge in [-0.3, -0.25) is 0 Å². The van der Waals surface area contributed by atoms with E-state index in [4.69, 9.17) is 4.74 Å². The van der Waals surface area contributed by atoms with Crippen LogP contribution in [0.25, 0.3) is 0 Å². The summed E-state index contributed by atoms with van der Waals surface area (Å²) in [6.07, 6.45) is -15.9. The fraction of sp³-hybridized carbons (Fsp3) is 0.625. The second-order valence-corrected chi connectivity index (χ2v) is 6.51. The molecule has 0 heterocycles. The summed E-state index contributed by atoms with van der Waals surface area (Å²) in [5.74, 6) is 0.365. The highest BCUT2D eigenvalue weighted by Gasteiger charge is 2.72. The van der Waals surface area contributed by atoms with Crippen molar-refractivity contribution in [3.63, 3.8) is 0 Å². The molecule has 0 saturated heterocycles. The number of hydrogen-bond acceptors (Lipinski definition) is 2. The molecule has 0 N–H and O–H groups in total. The van der Waals surface area contributed by atoms with E-state index in [1.165, 1.54) is 24.3 Å². The molecule has 2 nitrogen and oxygen atoms in total. The van der Waals surface area contributed by atoms with Crippen LogP contribution in [-0.4, -0.2) is 30.7 Å². The van der Waals surface area contributed by atoms with Crippen LogP contribution in [0.15, 0.2) is 24.3 Å². The Kier molecular flexibility index (Phi) is 6.04. The molecule has 1 atom stereocenters. The number of methoxy groups -OCH3 is 1. The third kappa shape index (κ3) is 5.23. The first-order valence-corrected chi connectivity index (χ1v) is 7.25. The average Bonchev–Trinajstić information content (AvgIpc) is 2.41. The van der Waals surface area contributed by atoms with Gasteiger partial charge in [-0.15, -0.1) is 0 Å². The number of alkyl halides is 7. The Hall–Kier alpha value is -1.51. The van der Waals surface area contributed by atoms with Crippen molar-refractivity contribution in [2.75, 3.05) is 7.11 Å². The normalized spacial score (nSPS) is 15.2. The van der Waals surface area contributed by atoms with Crippen LogP contribution in [0.4, 0.5) is 30.7 Å². The monoisotopic (exact) mass is 376 g/mol. The molecule has 0 saturated carbocycles. The SMILES string of the molecule is COC(CC(F)(C(F)(F)F)C(F)(F)F)c1ccc(OC(C)(C)C)cc1. The van der Waals surface area contributed by atoms with Crippen molar-refractivity contribution in [2.24, 2.45) is 0 Å². The summed E-state index contributed by atoms with van der Waals surface area (Å²) in [5.41, 5.74) is -5.94. The van der Waals surface area contributed by atoms with Crippen molar-refractivity contribution in [2.45, 2.75) is 56.9 Å². The van der Waals surface area contributed by atoms with Crippen LogP contribution in [-0.2, 0) is 4.74 Å². The van der Waals surface area contributed by atoms with Crippen LogP contribution in [0.1, 0.15) is 38.9 Å². The molecule has 25 heavy (non-hydrogen) atoms. The molecule has 0 bridgehead atoms. The standard InChI is InChI=1S/C16H19F7O2/c1-13(2,3)25-11-7-5-10(6-8-11)12(24-4)9-14(17,15(18,19)20)16(21,22)23/h5-8,12H,9H2,1-4H3. The lowest BCUT2D eigenvalue weighted by Crippen LogP contribution is -2.54. The van der Waals surface area contributed by atoms with E-state index < -0.39 is 36.1 Å². The molecule has 1 aromatic carbocycles. The molecule has 0 aliphatic carbocycles. The average molecular weight is 376 g/mol. The molecule has 1 aromatic rings. The number of benzene rings is 1. The number of rotatable bonds is 5. The van der Waals surface area contributed by atoms with E-state index in [-0.39, 0.29) is 5.56 Å². The predicted octanol–water partition coefficient (Wildman–Crippen LogP) is 5.77. The van der Waals surface area contributed by atoms with Crippen molar-refractivity contribution in [3.05, 3.63) is 29.8 Å². The van der Waals surface area contributed by atoms with Gasteiger partial charge in [-0.1, -0.05) is 12.1 Å². The summed E-state index contributed by atoms with van der Waals surface area (Å²) in [6.45, 7) is 5.30. The summed E-state index contributed by atoms with van der Waals surface area (Å²) in [6, 6.07) is 5.21. The van der Waals surface area contributed by atoms with Gasteiger partial charge in [-0.2, -0.15) is 26.3 Å². The second kappa shape index (κ2) is 7.01. The number of hydrogen-bond donors (Lipinski definition) is 0. The van der Waals surface area contributed by atoms with E-state index in [1.54, 1.807) is 20.8 Å². The van der Waals surface area contributed by atoms with Gasteiger partial charge in [0.2, 0.25) is 0 Å². The molecule has 0 spiro atoms. The lowest BCUT2D eigenvalue weighted by atomic mass is 9.92. The first-order chi connectivity index (χ1) is 11.1. The minimum atomic E-state index is -6.11. The summed E-state index contributed by atoms with van der Waals surface area (Å²) >= 11 is 0. The Bertz CT molecular complexity index is 542. The molecule has 144 valence electrons. The maximum absolute atomic E-state index is 13.9. The van der Waals surface area contributed by atoms with Gasteiger partial charge in [0.05, 0.1) is 6.10 Å². The lowest BCUT2D eigenvalue weighted by Gasteiger charge is -2.32. The van der Waals surface area contributed by atoms with Crippen LogP contribution in [0.5, 0.6) is 5.75 Å². The first kappa shape index (κ1) is 21.5. The van der Waals surface area contributed by atoms with E-state index in [9.17, 15) is 30.7 Å². The Balaban J connectivity index is 3.09. The van der Waals surface area contributed by atoms with Crippen molar-refractivity contribution in [1.82, 2.24) is 0 Å². The van der Waals surface area contributed by atoms with Gasteiger partial charge in [-0.25, -0.2) is 4.39 Å². The van der Waals surface area contributed by atoms with Gasteiger partial charge in [0.15, 0.2) is 0 Å². The van der Waals surface area contributed by atoms with Crippen molar-refractivity contribution in [3.8, 4) is 5.75 Å². The molecule has 0 amide bonds. The van der Waals surface area contributed by atoms with Gasteiger partial charge in [0.1, 0.15) is 11.4 Å². The molecule has 0 aromatic heterocycles. The Morgan fingerprint density at radius 1 is 0.840 bits per heavy atom. The zero-order chi connectivity index (χ0) is 19.7. The molecule has 0 aliphatic heterocycles. The Morgan fingerprint density at radius 2 is 1.28 bits per heavy atom. The third-order valence-corrected chi connectivity index (χ3v) is 3.33.